The van der Waals surface area contributed by atoms with Gasteiger partial charge in [0.25, 0.3) is 0 Å². The highest BCUT2D eigenvalue weighted by molar-refractivity contribution is 7.22. The molecule has 3 rings (SSSR count). The zero-order chi connectivity index (χ0) is 13.9. The van der Waals surface area contributed by atoms with Crippen molar-refractivity contribution < 1.29 is 9.53 Å². The molecule has 1 aromatic heterocycles. The van der Waals surface area contributed by atoms with Crippen LogP contribution in [0.15, 0.2) is 18.2 Å². The van der Waals surface area contributed by atoms with Crippen molar-refractivity contribution in [3.05, 3.63) is 23.8 Å². The number of piperidine rings is 1. The fourth-order valence-corrected chi connectivity index (χ4v) is 3.65. The zero-order valence-electron chi connectivity index (χ0n) is 11.6. The molecule has 2 heterocycles. The highest BCUT2D eigenvalue weighted by atomic mass is 32.1. The van der Waals surface area contributed by atoms with Crippen LogP contribution in [0.25, 0.3) is 10.2 Å². The Balaban J connectivity index is 1.97. The quantitative estimate of drug-likeness (QED) is 0.812. The third-order valence-corrected chi connectivity index (χ3v) is 4.69. The average Bonchev–Trinajstić information content (AvgIpc) is 2.92. The van der Waals surface area contributed by atoms with Crippen LogP contribution in [-0.2, 0) is 4.74 Å². The molecule has 0 radical (unpaired) electrons. The molecule has 1 aromatic carbocycles. The highest BCUT2D eigenvalue weighted by Crippen LogP contribution is 2.32. The van der Waals surface area contributed by atoms with Crippen LogP contribution in [0.5, 0.6) is 0 Å². The second-order valence-corrected chi connectivity index (χ2v) is 5.90. The van der Waals surface area contributed by atoms with Crippen LogP contribution in [-0.4, -0.2) is 30.6 Å². The SMILES string of the molecule is CCOC(=O)c1cccc2nc(N3CCCCC3)sc12. The number of anilines is 1. The second-order valence-electron chi connectivity index (χ2n) is 4.92. The Hall–Kier alpha value is -1.62. The van der Waals surface area contributed by atoms with Crippen molar-refractivity contribution in [3.8, 4) is 0 Å². The molecule has 1 aliphatic heterocycles. The number of thiazole rings is 1. The summed E-state index contributed by atoms with van der Waals surface area (Å²) in [5.74, 6) is -0.257. The number of hydrogen-bond donors (Lipinski definition) is 0. The van der Waals surface area contributed by atoms with E-state index < -0.39 is 0 Å². The van der Waals surface area contributed by atoms with E-state index in [4.69, 9.17) is 4.74 Å². The lowest BCUT2D eigenvalue weighted by molar-refractivity contribution is 0.0529. The molecule has 0 unspecified atom stereocenters. The van der Waals surface area contributed by atoms with Crippen LogP contribution in [0.1, 0.15) is 36.5 Å². The maximum atomic E-state index is 12.0. The van der Waals surface area contributed by atoms with E-state index in [1.165, 1.54) is 19.3 Å². The molecule has 1 fully saturated rings. The number of ether oxygens (including phenoxy) is 1. The Morgan fingerprint density at radius 3 is 2.90 bits per heavy atom. The molecule has 20 heavy (non-hydrogen) atoms. The van der Waals surface area contributed by atoms with Gasteiger partial charge in [0.2, 0.25) is 0 Å². The molecule has 5 heteroatoms. The molecule has 106 valence electrons. The van der Waals surface area contributed by atoms with Crippen molar-refractivity contribution in [3.63, 3.8) is 0 Å². The van der Waals surface area contributed by atoms with Crippen LogP contribution in [0.4, 0.5) is 5.13 Å². The molecular weight excluding hydrogens is 272 g/mol. The number of carbonyl (C=O) groups excluding carboxylic acids is 1. The molecule has 2 aromatic rings. The Labute approximate surface area is 122 Å². The Kier molecular flexibility index (Phi) is 3.87. The summed E-state index contributed by atoms with van der Waals surface area (Å²) < 4.78 is 6.05. The van der Waals surface area contributed by atoms with Crippen molar-refractivity contribution >= 4 is 32.7 Å². The first kappa shape index (κ1) is 13.4. The van der Waals surface area contributed by atoms with Gasteiger partial charge in [0, 0.05) is 13.1 Å². The molecule has 0 atom stereocenters. The molecule has 1 aliphatic rings. The molecule has 4 nitrogen and oxygen atoms in total. The van der Waals surface area contributed by atoms with Crippen LogP contribution in [0.2, 0.25) is 0 Å². The molecule has 0 N–H and O–H groups in total. The van der Waals surface area contributed by atoms with Gasteiger partial charge in [-0.25, -0.2) is 9.78 Å². The van der Waals surface area contributed by atoms with Gasteiger partial charge in [-0.15, -0.1) is 0 Å². The lowest BCUT2D eigenvalue weighted by atomic mass is 10.1. The molecule has 0 aliphatic carbocycles. The lowest BCUT2D eigenvalue weighted by Crippen LogP contribution is -2.29. The number of benzene rings is 1. The summed E-state index contributed by atoms with van der Waals surface area (Å²) in [7, 11) is 0. The van der Waals surface area contributed by atoms with Crippen molar-refractivity contribution in [1.82, 2.24) is 4.98 Å². The van der Waals surface area contributed by atoms with Crippen LogP contribution in [0.3, 0.4) is 0 Å². The summed E-state index contributed by atoms with van der Waals surface area (Å²) in [4.78, 5) is 19.0. The third kappa shape index (κ3) is 2.50. The van der Waals surface area contributed by atoms with Crippen molar-refractivity contribution in [2.75, 3.05) is 24.6 Å². The van der Waals surface area contributed by atoms with E-state index in [2.05, 4.69) is 9.88 Å². The van der Waals surface area contributed by atoms with E-state index in [-0.39, 0.29) is 5.97 Å². The van der Waals surface area contributed by atoms with Crippen LogP contribution >= 0.6 is 11.3 Å². The van der Waals surface area contributed by atoms with Crippen LogP contribution in [0, 0.1) is 0 Å². The smallest absolute Gasteiger partial charge is 0.339 e. The van der Waals surface area contributed by atoms with E-state index >= 15 is 0 Å². The molecule has 0 saturated carbocycles. The first-order chi connectivity index (χ1) is 9.79. The fourth-order valence-electron chi connectivity index (χ4n) is 2.53. The number of aromatic nitrogens is 1. The van der Waals surface area contributed by atoms with Gasteiger partial charge >= 0.3 is 5.97 Å². The van der Waals surface area contributed by atoms with Gasteiger partial charge in [-0.3, -0.25) is 0 Å². The fraction of sp³-hybridized carbons (Fsp3) is 0.467. The van der Waals surface area contributed by atoms with E-state index in [9.17, 15) is 4.79 Å². The van der Waals surface area contributed by atoms with Gasteiger partial charge < -0.3 is 9.64 Å². The Morgan fingerprint density at radius 1 is 1.35 bits per heavy atom. The topological polar surface area (TPSA) is 42.4 Å². The lowest BCUT2D eigenvalue weighted by Gasteiger charge is -2.25. The summed E-state index contributed by atoms with van der Waals surface area (Å²) >= 11 is 1.60. The minimum absolute atomic E-state index is 0.257. The molecular formula is C15H18N2O2S. The summed E-state index contributed by atoms with van der Waals surface area (Å²) in [6.07, 6.45) is 3.75. The van der Waals surface area contributed by atoms with Crippen molar-refractivity contribution in [1.29, 1.82) is 0 Å². The maximum Gasteiger partial charge on any atom is 0.339 e. The highest BCUT2D eigenvalue weighted by Gasteiger charge is 2.18. The first-order valence-corrected chi connectivity index (χ1v) is 7.93. The minimum atomic E-state index is -0.257. The predicted molar refractivity (Wildman–Crippen MR) is 81.6 cm³/mol. The third-order valence-electron chi connectivity index (χ3n) is 3.53. The van der Waals surface area contributed by atoms with Gasteiger partial charge in [0.1, 0.15) is 0 Å². The number of hydrogen-bond acceptors (Lipinski definition) is 5. The normalized spacial score (nSPS) is 15.6. The standard InChI is InChI=1S/C15H18N2O2S/c1-2-19-14(18)11-7-6-8-12-13(11)20-15(16-12)17-9-4-3-5-10-17/h6-8H,2-5,9-10H2,1H3. The average molecular weight is 290 g/mol. The van der Waals surface area contributed by atoms with Gasteiger partial charge in [-0.05, 0) is 38.3 Å². The summed E-state index contributed by atoms with van der Waals surface area (Å²) in [5, 5.41) is 1.02. The predicted octanol–water partition coefficient (Wildman–Crippen LogP) is 3.46. The molecule has 1 saturated heterocycles. The van der Waals surface area contributed by atoms with E-state index in [0.717, 1.165) is 28.4 Å². The van der Waals surface area contributed by atoms with Gasteiger partial charge in [0.15, 0.2) is 5.13 Å². The Morgan fingerprint density at radius 2 is 2.15 bits per heavy atom. The number of rotatable bonds is 3. The van der Waals surface area contributed by atoms with Crippen LogP contribution < -0.4 is 4.90 Å². The molecule has 0 bridgehead atoms. The number of nitrogens with zero attached hydrogens (tertiary/aromatic N) is 2. The van der Waals surface area contributed by atoms with E-state index in [1.807, 2.05) is 25.1 Å². The first-order valence-electron chi connectivity index (χ1n) is 7.11. The molecule has 0 spiro atoms. The summed E-state index contributed by atoms with van der Waals surface area (Å²) in [6, 6.07) is 5.65. The van der Waals surface area contributed by atoms with Gasteiger partial charge in [-0.1, -0.05) is 17.4 Å². The van der Waals surface area contributed by atoms with Gasteiger partial charge in [0.05, 0.1) is 22.4 Å². The largest absolute Gasteiger partial charge is 0.462 e. The molecule has 0 amide bonds. The monoisotopic (exact) mass is 290 g/mol. The minimum Gasteiger partial charge on any atom is -0.462 e. The summed E-state index contributed by atoms with van der Waals surface area (Å²) in [6.45, 7) is 4.35. The van der Waals surface area contributed by atoms with E-state index in [0.29, 0.717) is 12.2 Å². The Bertz CT molecular complexity index is 617. The van der Waals surface area contributed by atoms with Crippen molar-refractivity contribution in [2.45, 2.75) is 26.2 Å². The van der Waals surface area contributed by atoms with Crippen molar-refractivity contribution in [2.24, 2.45) is 0 Å². The number of fused-ring (bicyclic) bond motifs is 1. The summed E-state index contributed by atoms with van der Waals surface area (Å²) in [5.41, 5.74) is 1.52. The zero-order valence-corrected chi connectivity index (χ0v) is 12.4. The number of carbonyl (C=O) groups is 1. The van der Waals surface area contributed by atoms with E-state index in [1.54, 1.807) is 11.3 Å². The number of esters is 1. The van der Waals surface area contributed by atoms with Gasteiger partial charge in [-0.2, -0.15) is 0 Å². The second kappa shape index (κ2) is 5.79. The maximum absolute atomic E-state index is 12.0.